The Bertz CT molecular complexity index is 283. The average molecular weight is 262 g/mol. The minimum atomic E-state index is -0.0763. The molecule has 2 heterocycles. The van der Waals surface area contributed by atoms with Crippen LogP contribution in [0.25, 0.3) is 0 Å². The number of aromatic nitrogens is 1. The van der Waals surface area contributed by atoms with Gasteiger partial charge in [0, 0.05) is 12.7 Å². The molecule has 0 spiro atoms. The Morgan fingerprint density at radius 1 is 1.57 bits per heavy atom. The van der Waals surface area contributed by atoms with E-state index in [4.69, 9.17) is 14.0 Å². The first-order valence-electron chi connectivity index (χ1n) is 4.69. The predicted octanol–water partition coefficient (Wildman–Crippen LogP) is 2.48. The van der Waals surface area contributed by atoms with E-state index in [0.717, 1.165) is 19.4 Å². The second-order valence-corrected chi connectivity index (χ2v) is 4.04. The molecular formula is C9H12BrNO3. The highest BCUT2D eigenvalue weighted by atomic mass is 79.9. The molecule has 1 unspecified atom stereocenters. The quantitative estimate of drug-likeness (QED) is 0.839. The molecule has 1 aliphatic heterocycles. The second-order valence-electron chi connectivity index (χ2n) is 3.22. The molecule has 0 aromatic carbocycles. The third kappa shape index (κ3) is 2.80. The highest BCUT2D eigenvalue weighted by molar-refractivity contribution is 9.10. The Kier molecular flexibility index (Phi) is 3.55. The Morgan fingerprint density at radius 3 is 3.14 bits per heavy atom. The van der Waals surface area contributed by atoms with Crippen molar-refractivity contribution >= 4 is 15.9 Å². The molecule has 1 aromatic rings. The van der Waals surface area contributed by atoms with Crippen LogP contribution in [0.15, 0.2) is 15.2 Å². The molecule has 0 radical (unpaired) electrons. The van der Waals surface area contributed by atoms with E-state index < -0.39 is 0 Å². The van der Waals surface area contributed by atoms with Crippen molar-refractivity contribution in [2.75, 3.05) is 6.61 Å². The van der Waals surface area contributed by atoms with Gasteiger partial charge in [0.2, 0.25) is 0 Å². The van der Waals surface area contributed by atoms with Crippen molar-refractivity contribution in [1.82, 2.24) is 5.16 Å². The fourth-order valence-electron chi connectivity index (χ4n) is 1.37. The van der Waals surface area contributed by atoms with Crippen molar-refractivity contribution < 1.29 is 14.0 Å². The molecule has 1 aromatic heterocycles. The zero-order chi connectivity index (χ0) is 9.80. The topological polar surface area (TPSA) is 44.5 Å². The monoisotopic (exact) mass is 261 g/mol. The van der Waals surface area contributed by atoms with Crippen molar-refractivity contribution in [2.45, 2.75) is 32.2 Å². The van der Waals surface area contributed by atoms with Crippen molar-refractivity contribution in [1.29, 1.82) is 0 Å². The largest absolute Gasteiger partial charge is 0.358 e. The molecule has 78 valence electrons. The first-order valence-corrected chi connectivity index (χ1v) is 5.48. The molecule has 1 saturated heterocycles. The molecule has 0 N–H and O–H groups in total. The molecule has 5 heteroatoms. The lowest BCUT2D eigenvalue weighted by atomic mass is 10.2. The number of nitrogens with zero attached hydrogens (tertiary/aromatic N) is 1. The van der Waals surface area contributed by atoms with E-state index in [1.54, 1.807) is 6.07 Å². The van der Waals surface area contributed by atoms with Crippen LogP contribution in [0.2, 0.25) is 0 Å². The Hall–Kier alpha value is -0.390. The lowest BCUT2D eigenvalue weighted by molar-refractivity contribution is -0.171. The van der Waals surface area contributed by atoms with Crippen LogP contribution in [-0.4, -0.2) is 18.1 Å². The summed E-state index contributed by atoms with van der Waals surface area (Å²) < 4.78 is 16.6. The normalized spacial score (nSPS) is 22.5. The van der Waals surface area contributed by atoms with Crippen molar-refractivity contribution in [2.24, 2.45) is 0 Å². The van der Waals surface area contributed by atoms with E-state index in [9.17, 15) is 0 Å². The van der Waals surface area contributed by atoms with E-state index in [2.05, 4.69) is 21.1 Å². The van der Waals surface area contributed by atoms with Crippen LogP contribution in [0.5, 0.6) is 0 Å². The summed E-state index contributed by atoms with van der Waals surface area (Å²) in [6.45, 7) is 1.22. The Labute approximate surface area is 90.7 Å². The minimum absolute atomic E-state index is 0.0763. The maximum atomic E-state index is 5.51. The van der Waals surface area contributed by atoms with Crippen LogP contribution in [0.1, 0.15) is 25.0 Å². The maximum Gasteiger partial charge on any atom is 0.163 e. The number of hydrogen-bond donors (Lipinski definition) is 0. The molecule has 0 bridgehead atoms. The lowest BCUT2D eigenvalue weighted by Gasteiger charge is -2.21. The fraction of sp³-hybridized carbons (Fsp3) is 0.667. The third-order valence-corrected chi connectivity index (χ3v) is 2.45. The van der Waals surface area contributed by atoms with E-state index >= 15 is 0 Å². The van der Waals surface area contributed by atoms with Gasteiger partial charge >= 0.3 is 0 Å². The van der Waals surface area contributed by atoms with Gasteiger partial charge in [-0.05, 0) is 35.2 Å². The average Bonchev–Trinajstić information content (AvgIpc) is 2.63. The molecule has 14 heavy (non-hydrogen) atoms. The number of hydrogen-bond acceptors (Lipinski definition) is 4. The van der Waals surface area contributed by atoms with Crippen molar-refractivity contribution in [3.8, 4) is 0 Å². The molecule has 0 amide bonds. The van der Waals surface area contributed by atoms with Gasteiger partial charge in [-0.1, -0.05) is 5.16 Å². The van der Waals surface area contributed by atoms with E-state index in [1.165, 1.54) is 6.42 Å². The SMILES string of the molecule is Brc1cc(COC2CCCCO2)on1. The summed E-state index contributed by atoms with van der Waals surface area (Å²) in [6.07, 6.45) is 3.20. The standard InChI is InChI=1S/C9H12BrNO3/c10-8-5-7(14-11-8)6-13-9-3-1-2-4-12-9/h5,9H,1-4,6H2. The second kappa shape index (κ2) is 4.91. The van der Waals surface area contributed by atoms with Crippen LogP contribution in [0.3, 0.4) is 0 Å². The molecule has 0 saturated carbocycles. The maximum absolute atomic E-state index is 5.51. The first-order chi connectivity index (χ1) is 6.84. The Balaban J connectivity index is 1.76. The van der Waals surface area contributed by atoms with Crippen LogP contribution < -0.4 is 0 Å². The van der Waals surface area contributed by atoms with Gasteiger partial charge in [0.1, 0.15) is 11.2 Å². The summed E-state index contributed by atoms with van der Waals surface area (Å²) in [7, 11) is 0. The van der Waals surface area contributed by atoms with Gasteiger partial charge in [-0.2, -0.15) is 0 Å². The summed E-state index contributed by atoms with van der Waals surface area (Å²) >= 11 is 3.21. The molecule has 1 aliphatic rings. The zero-order valence-corrected chi connectivity index (χ0v) is 9.33. The van der Waals surface area contributed by atoms with Crippen molar-refractivity contribution in [3.63, 3.8) is 0 Å². The first kappa shape index (κ1) is 10.1. The molecule has 1 atom stereocenters. The van der Waals surface area contributed by atoms with Crippen molar-refractivity contribution in [3.05, 3.63) is 16.4 Å². The van der Waals surface area contributed by atoms with Gasteiger partial charge in [-0.3, -0.25) is 0 Å². The summed E-state index contributed by atoms with van der Waals surface area (Å²) in [5.74, 6) is 0.714. The highest BCUT2D eigenvalue weighted by Gasteiger charge is 2.14. The molecule has 2 rings (SSSR count). The van der Waals surface area contributed by atoms with Gasteiger partial charge in [0.05, 0.1) is 0 Å². The number of halogens is 1. The summed E-state index contributed by atoms with van der Waals surface area (Å²) in [6, 6.07) is 1.79. The van der Waals surface area contributed by atoms with Crippen LogP contribution in [0.4, 0.5) is 0 Å². The predicted molar refractivity (Wildman–Crippen MR) is 52.6 cm³/mol. The third-order valence-electron chi connectivity index (χ3n) is 2.08. The molecule has 1 fully saturated rings. The summed E-state index contributed by atoms with van der Waals surface area (Å²) in [5, 5.41) is 3.70. The van der Waals surface area contributed by atoms with Crippen LogP contribution in [0, 0.1) is 0 Å². The van der Waals surface area contributed by atoms with E-state index in [0.29, 0.717) is 17.0 Å². The lowest BCUT2D eigenvalue weighted by Crippen LogP contribution is -2.21. The van der Waals surface area contributed by atoms with Crippen LogP contribution >= 0.6 is 15.9 Å². The summed E-state index contributed by atoms with van der Waals surface area (Å²) in [4.78, 5) is 0. The van der Waals surface area contributed by atoms with Gasteiger partial charge in [0.25, 0.3) is 0 Å². The van der Waals surface area contributed by atoms with E-state index in [1.807, 2.05) is 0 Å². The smallest absolute Gasteiger partial charge is 0.163 e. The molecular weight excluding hydrogens is 250 g/mol. The summed E-state index contributed by atoms with van der Waals surface area (Å²) in [5.41, 5.74) is 0. The fourth-order valence-corrected chi connectivity index (χ4v) is 1.70. The zero-order valence-electron chi connectivity index (χ0n) is 7.74. The van der Waals surface area contributed by atoms with Gasteiger partial charge in [-0.15, -0.1) is 0 Å². The van der Waals surface area contributed by atoms with Gasteiger partial charge in [0.15, 0.2) is 12.1 Å². The number of rotatable bonds is 3. The highest BCUT2D eigenvalue weighted by Crippen LogP contribution is 2.16. The van der Waals surface area contributed by atoms with Gasteiger partial charge in [-0.25, -0.2) is 0 Å². The van der Waals surface area contributed by atoms with Gasteiger partial charge < -0.3 is 14.0 Å². The van der Waals surface area contributed by atoms with E-state index in [-0.39, 0.29) is 6.29 Å². The number of ether oxygens (including phenoxy) is 2. The Morgan fingerprint density at radius 2 is 2.50 bits per heavy atom. The molecule has 4 nitrogen and oxygen atoms in total. The molecule has 0 aliphatic carbocycles. The van der Waals surface area contributed by atoms with Crippen LogP contribution in [-0.2, 0) is 16.1 Å². The minimum Gasteiger partial charge on any atom is -0.358 e.